The second-order valence-electron chi connectivity index (χ2n) is 4.26. The Morgan fingerprint density at radius 3 is 2.47 bits per heavy atom. The van der Waals surface area contributed by atoms with Crippen LogP contribution in [0.3, 0.4) is 0 Å². The van der Waals surface area contributed by atoms with Gasteiger partial charge in [0.2, 0.25) is 0 Å². The van der Waals surface area contributed by atoms with Gasteiger partial charge in [-0.15, -0.1) is 0 Å². The normalized spacial score (nSPS) is 12.1. The van der Waals surface area contributed by atoms with Crippen LogP contribution in [0.2, 0.25) is 0 Å². The van der Waals surface area contributed by atoms with Gasteiger partial charge in [0.05, 0.1) is 6.42 Å². The van der Waals surface area contributed by atoms with E-state index < -0.39 is 17.7 Å². The SMILES string of the molecule is O=C(O)C[C@@H](c1ccccc1)c1cc(F)ccc1O. The van der Waals surface area contributed by atoms with Crippen LogP contribution >= 0.6 is 0 Å². The molecule has 0 bridgehead atoms. The molecule has 0 spiro atoms. The molecule has 0 aliphatic carbocycles. The van der Waals surface area contributed by atoms with Gasteiger partial charge in [-0.2, -0.15) is 0 Å². The minimum absolute atomic E-state index is 0.100. The molecule has 0 fully saturated rings. The minimum Gasteiger partial charge on any atom is -0.508 e. The zero-order valence-corrected chi connectivity index (χ0v) is 10.1. The summed E-state index contributed by atoms with van der Waals surface area (Å²) in [5, 5.41) is 18.8. The molecular weight excluding hydrogens is 247 g/mol. The molecule has 4 heteroatoms. The van der Waals surface area contributed by atoms with Crippen LogP contribution in [0.15, 0.2) is 48.5 Å². The number of hydrogen-bond acceptors (Lipinski definition) is 2. The molecule has 98 valence electrons. The maximum atomic E-state index is 13.3. The molecule has 0 radical (unpaired) electrons. The first-order valence-corrected chi connectivity index (χ1v) is 5.83. The van der Waals surface area contributed by atoms with Gasteiger partial charge in [-0.3, -0.25) is 4.79 Å². The Hall–Kier alpha value is -2.36. The van der Waals surface area contributed by atoms with Crippen molar-refractivity contribution >= 4 is 5.97 Å². The van der Waals surface area contributed by atoms with Gasteiger partial charge >= 0.3 is 5.97 Å². The average molecular weight is 260 g/mol. The Bertz CT molecular complexity index is 581. The number of aliphatic carboxylic acids is 1. The van der Waals surface area contributed by atoms with Gasteiger partial charge in [0.1, 0.15) is 11.6 Å². The first-order chi connectivity index (χ1) is 9.08. The molecule has 19 heavy (non-hydrogen) atoms. The van der Waals surface area contributed by atoms with Crippen molar-refractivity contribution in [3.63, 3.8) is 0 Å². The molecular formula is C15H13FO3. The van der Waals surface area contributed by atoms with Crippen LogP contribution in [-0.4, -0.2) is 16.2 Å². The van der Waals surface area contributed by atoms with Crippen LogP contribution in [0.1, 0.15) is 23.5 Å². The Morgan fingerprint density at radius 1 is 1.16 bits per heavy atom. The summed E-state index contributed by atoms with van der Waals surface area (Å²) in [5.41, 5.74) is 1.01. The Kier molecular flexibility index (Phi) is 3.80. The van der Waals surface area contributed by atoms with Crippen molar-refractivity contribution in [1.82, 2.24) is 0 Å². The topological polar surface area (TPSA) is 57.5 Å². The number of phenols is 1. The van der Waals surface area contributed by atoms with Gasteiger partial charge < -0.3 is 10.2 Å². The van der Waals surface area contributed by atoms with E-state index in [1.54, 1.807) is 24.3 Å². The standard InChI is InChI=1S/C15H13FO3/c16-11-6-7-14(17)13(8-11)12(9-15(18)19)10-4-2-1-3-5-10/h1-8,12,17H,9H2,(H,18,19)/t12-/m0/s1. The van der Waals surface area contributed by atoms with Crippen LogP contribution in [-0.2, 0) is 4.79 Å². The lowest BCUT2D eigenvalue weighted by Gasteiger charge is -2.17. The number of carboxylic acids is 1. The summed E-state index contributed by atoms with van der Waals surface area (Å²) < 4.78 is 13.3. The fourth-order valence-electron chi connectivity index (χ4n) is 2.07. The largest absolute Gasteiger partial charge is 0.508 e. The molecule has 0 saturated heterocycles. The highest BCUT2D eigenvalue weighted by Gasteiger charge is 2.21. The molecule has 2 aromatic rings. The number of rotatable bonds is 4. The second kappa shape index (κ2) is 5.52. The fourth-order valence-corrected chi connectivity index (χ4v) is 2.07. The van der Waals surface area contributed by atoms with Gasteiger partial charge in [0.15, 0.2) is 0 Å². The van der Waals surface area contributed by atoms with Gasteiger partial charge in [-0.25, -0.2) is 4.39 Å². The first kappa shape index (κ1) is 13.1. The number of carbonyl (C=O) groups is 1. The third-order valence-electron chi connectivity index (χ3n) is 2.95. The van der Waals surface area contributed by atoms with Gasteiger partial charge in [-0.1, -0.05) is 30.3 Å². The second-order valence-corrected chi connectivity index (χ2v) is 4.26. The molecule has 2 N–H and O–H groups in total. The highest BCUT2D eigenvalue weighted by atomic mass is 19.1. The molecule has 0 amide bonds. The smallest absolute Gasteiger partial charge is 0.304 e. The maximum absolute atomic E-state index is 13.3. The van der Waals surface area contributed by atoms with E-state index in [1.807, 2.05) is 6.07 Å². The molecule has 0 aromatic heterocycles. The van der Waals surface area contributed by atoms with E-state index in [2.05, 4.69) is 0 Å². The van der Waals surface area contributed by atoms with Crippen LogP contribution in [0.25, 0.3) is 0 Å². The number of halogens is 1. The summed E-state index contributed by atoms with van der Waals surface area (Å²) in [5.74, 6) is -2.18. The molecule has 3 nitrogen and oxygen atoms in total. The van der Waals surface area contributed by atoms with Crippen molar-refractivity contribution in [2.45, 2.75) is 12.3 Å². The van der Waals surface area contributed by atoms with Crippen molar-refractivity contribution in [2.24, 2.45) is 0 Å². The number of aromatic hydroxyl groups is 1. The van der Waals surface area contributed by atoms with Crippen LogP contribution in [0.5, 0.6) is 5.75 Å². The number of benzene rings is 2. The van der Waals surface area contributed by atoms with Crippen LogP contribution < -0.4 is 0 Å². The first-order valence-electron chi connectivity index (χ1n) is 5.83. The lowest BCUT2D eigenvalue weighted by molar-refractivity contribution is -0.137. The van der Waals surface area contributed by atoms with Crippen molar-refractivity contribution in [3.05, 3.63) is 65.5 Å². The monoisotopic (exact) mass is 260 g/mol. The molecule has 0 saturated carbocycles. The number of hydrogen-bond donors (Lipinski definition) is 2. The van der Waals surface area contributed by atoms with Crippen LogP contribution in [0.4, 0.5) is 4.39 Å². The van der Waals surface area contributed by atoms with Crippen molar-refractivity contribution in [2.75, 3.05) is 0 Å². The zero-order chi connectivity index (χ0) is 13.8. The van der Waals surface area contributed by atoms with E-state index in [0.717, 1.165) is 11.6 Å². The number of phenolic OH excluding ortho intramolecular Hbond substituents is 1. The van der Waals surface area contributed by atoms with E-state index in [0.29, 0.717) is 0 Å². The summed E-state index contributed by atoms with van der Waals surface area (Å²) in [4.78, 5) is 11.0. The average Bonchev–Trinajstić information content (AvgIpc) is 2.40. The van der Waals surface area contributed by atoms with E-state index in [9.17, 15) is 14.3 Å². The molecule has 2 rings (SSSR count). The summed E-state index contributed by atoms with van der Waals surface area (Å²) in [6.45, 7) is 0. The van der Waals surface area contributed by atoms with E-state index >= 15 is 0 Å². The predicted molar refractivity (Wildman–Crippen MR) is 68.6 cm³/mol. The quantitative estimate of drug-likeness (QED) is 0.887. The Balaban J connectivity index is 2.48. The molecule has 1 atom stereocenters. The minimum atomic E-state index is -1.00. The third-order valence-corrected chi connectivity index (χ3v) is 2.95. The summed E-state index contributed by atoms with van der Waals surface area (Å²) in [6, 6.07) is 12.4. The predicted octanol–water partition coefficient (Wildman–Crippen LogP) is 3.14. The van der Waals surface area contributed by atoms with E-state index in [-0.39, 0.29) is 17.7 Å². The van der Waals surface area contributed by atoms with Crippen molar-refractivity contribution in [3.8, 4) is 5.75 Å². The number of carboxylic acid groups (broad SMARTS) is 1. The van der Waals surface area contributed by atoms with Gasteiger partial charge in [0.25, 0.3) is 0 Å². The Labute approximate surface area is 109 Å². The highest BCUT2D eigenvalue weighted by Crippen LogP contribution is 2.34. The lowest BCUT2D eigenvalue weighted by Crippen LogP contribution is -2.08. The van der Waals surface area contributed by atoms with E-state index in [1.165, 1.54) is 12.1 Å². The Morgan fingerprint density at radius 2 is 1.84 bits per heavy atom. The fraction of sp³-hybridized carbons (Fsp3) is 0.133. The van der Waals surface area contributed by atoms with Gasteiger partial charge in [-0.05, 0) is 23.8 Å². The molecule has 0 unspecified atom stereocenters. The summed E-state index contributed by atoms with van der Waals surface area (Å²) in [6.07, 6.45) is -0.207. The summed E-state index contributed by atoms with van der Waals surface area (Å²) in [7, 11) is 0. The molecule has 0 aliphatic rings. The molecule has 0 heterocycles. The zero-order valence-electron chi connectivity index (χ0n) is 10.1. The van der Waals surface area contributed by atoms with Crippen molar-refractivity contribution in [1.29, 1.82) is 0 Å². The molecule has 0 aliphatic heterocycles. The van der Waals surface area contributed by atoms with Crippen LogP contribution in [0, 0.1) is 5.82 Å². The third kappa shape index (κ3) is 3.10. The summed E-state index contributed by atoms with van der Waals surface area (Å²) >= 11 is 0. The van der Waals surface area contributed by atoms with E-state index in [4.69, 9.17) is 5.11 Å². The highest BCUT2D eigenvalue weighted by molar-refractivity contribution is 5.69. The maximum Gasteiger partial charge on any atom is 0.304 e. The molecule has 2 aromatic carbocycles. The van der Waals surface area contributed by atoms with Crippen molar-refractivity contribution < 1.29 is 19.4 Å². The van der Waals surface area contributed by atoms with Gasteiger partial charge in [0, 0.05) is 11.5 Å². The lowest BCUT2D eigenvalue weighted by atomic mass is 9.88.